The molecule has 0 unspecified atom stereocenters. The van der Waals surface area contributed by atoms with Crippen molar-refractivity contribution in [2.75, 3.05) is 12.4 Å². The second-order valence-electron chi connectivity index (χ2n) is 4.58. The first-order valence-corrected chi connectivity index (χ1v) is 6.77. The minimum atomic E-state index is -0.215. The third-order valence-electron chi connectivity index (χ3n) is 3.24. The first kappa shape index (κ1) is 13.5. The zero-order valence-corrected chi connectivity index (χ0v) is 12.1. The van der Waals surface area contributed by atoms with E-state index in [9.17, 15) is 4.79 Å². The molecule has 0 aliphatic carbocycles. The van der Waals surface area contributed by atoms with Gasteiger partial charge in [-0.05, 0) is 36.4 Å². The highest BCUT2D eigenvalue weighted by molar-refractivity contribution is 6.34. The monoisotopic (exact) mass is 300 g/mol. The summed E-state index contributed by atoms with van der Waals surface area (Å²) in [6.07, 6.45) is 1.84. The molecule has 21 heavy (non-hydrogen) atoms. The van der Waals surface area contributed by atoms with Crippen LogP contribution in [-0.2, 0) is 0 Å². The van der Waals surface area contributed by atoms with Crippen molar-refractivity contribution in [3.05, 3.63) is 59.2 Å². The van der Waals surface area contributed by atoms with Gasteiger partial charge in [-0.2, -0.15) is 0 Å². The van der Waals surface area contributed by atoms with Crippen molar-refractivity contribution in [2.45, 2.75) is 0 Å². The van der Waals surface area contributed by atoms with Crippen LogP contribution in [0.3, 0.4) is 0 Å². The van der Waals surface area contributed by atoms with E-state index in [0.717, 1.165) is 10.9 Å². The van der Waals surface area contributed by atoms with Crippen LogP contribution >= 0.6 is 11.6 Å². The predicted molar refractivity (Wildman–Crippen MR) is 84.3 cm³/mol. The standard InChI is InChI=1S/C16H13ClN2O2/c1-21-12-3-4-13(17)15(9-12)19-16(20)11-2-5-14-10(8-11)6-7-18-14/h2-9,18H,1H3,(H,19,20). The van der Waals surface area contributed by atoms with Crippen LogP contribution in [0.15, 0.2) is 48.7 Å². The number of anilines is 1. The van der Waals surface area contributed by atoms with E-state index < -0.39 is 0 Å². The van der Waals surface area contributed by atoms with Gasteiger partial charge in [0.05, 0.1) is 17.8 Å². The maximum atomic E-state index is 12.3. The van der Waals surface area contributed by atoms with Gasteiger partial charge in [0.25, 0.3) is 5.91 Å². The molecule has 1 heterocycles. The van der Waals surface area contributed by atoms with Crippen molar-refractivity contribution < 1.29 is 9.53 Å². The number of hydrogen-bond acceptors (Lipinski definition) is 2. The quantitative estimate of drug-likeness (QED) is 0.765. The van der Waals surface area contributed by atoms with Crippen LogP contribution in [0.25, 0.3) is 10.9 Å². The summed E-state index contributed by atoms with van der Waals surface area (Å²) in [7, 11) is 1.56. The van der Waals surface area contributed by atoms with Gasteiger partial charge in [0.2, 0.25) is 0 Å². The van der Waals surface area contributed by atoms with E-state index in [-0.39, 0.29) is 5.91 Å². The van der Waals surface area contributed by atoms with Gasteiger partial charge in [-0.15, -0.1) is 0 Å². The Balaban J connectivity index is 1.88. The molecule has 5 heteroatoms. The van der Waals surface area contributed by atoms with Crippen LogP contribution in [0.4, 0.5) is 5.69 Å². The molecule has 0 aliphatic rings. The van der Waals surface area contributed by atoms with Gasteiger partial charge in [-0.25, -0.2) is 0 Å². The molecule has 2 N–H and O–H groups in total. The maximum Gasteiger partial charge on any atom is 0.255 e. The largest absolute Gasteiger partial charge is 0.497 e. The van der Waals surface area contributed by atoms with Crippen molar-refractivity contribution in [1.82, 2.24) is 4.98 Å². The summed E-state index contributed by atoms with van der Waals surface area (Å²) in [5.74, 6) is 0.420. The number of H-pyrrole nitrogens is 1. The van der Waals surface area contributed by atoms with E-state index in [2.05, 4.69) is 10.3 Å². The van der Waals surface area contributed by atoms with Crippen LogP contribution in [0, 0.1) is 0 Å². The number of nitrogens with one attached hydrogen (secondary N) is 2. The van der Waals surface area contributed by atoms with Gasteiger partial charge >= 0.3 is 0 Å². The molecule has 2 aromatic carbocycles. The van der Waals surface area contributed by atoms with E-state index in [4.69, 9.17) is 16.3 Å². The third-order valence-corrected chi connectivity index (χ3v) is 3.57. The summed E-state index contributed by atoms with van der Waals surface area (Å²) >= 11 is 6.09. The van der Waals surface area contributed by atoms with Crippen molar-refractivity contribution in [1.29, 1.82) is 0 Å². The number of hydrogen-bond donors (Lipinski definition) is 2. The first-order chi connectivity index (χ1) is 10.2. The highest BCUT2D eigenvalue weighted by Crippen LogP contribution is 2.27. The normalized spacial score (nSPS) is 10.6. The number of amides is 1. The minimum absolute atomic E-state index is 0.215. The zero-order valence-electron chi connectivity index (χ0n) is 11.3. The van der Waals surface area contributed by atoms with E-state index in [1.165, 1.54) is 0 Å². The second kappa shape index (κ2) is 5.50. The lowest BCUT2D eigenvalue weighted by molar-refractivity contribution is 0.102. The Bertz CT molecular complexity index is 811. The highest BCUT2D eigenvalue weighted by atomic mass is 35.5. The van der Waals surface area contributed by atoms with Crippen LogP contribution in [0.1, 0.15) is 10.4 Å². The summed E-state index contributed by atoms with van der Waals surface area (Å²) in [5.41, 5.74) is 2.09. The van der Waals surface area contributed by atoms with Crippen LogP contribution in [0.2, 0.25) is 5.02 Å². The van der Waals surface area contributed by atoms with Crippen molar-refractivity contribution in [2.24, 2.45) is 0 Å². The molecule has 4 nitrogen and oxygen atoms in total. The number of methoxy groups -OCH3 is 1. The topological polar surface area (TPSA) is 54.1 Å². The Morgan fingerprint density at radius 1 is 1.19 bits per heavy atom. The predicted octanol–water partition coefficient (Wildman–Crippen LogP) is 4.08. The van der Waals surface area contributed by atoms with Gasteiger partial charge in [0.15, 0.2) is 0 Å². The molecule has 0 atom stereocenters. The Labute approximate surface area is 126 Å². The number of ether oxygens (including phenoxy) is 1. The summed E-state index contributed by atoms with van der Waals surface area (Å²) < 4.78 is 5.13. The number of carbonyl (C=O) groups is 1. The zero-order chi connectivity index (χ0) is 14.8. The number of aromatic nitrogens is 1. The molecular formula is C16H13ClN2O2. The lowest BCUT2D eigenvalue weighted by Gasteiger charge is -2.09. The molecule has 0 fully saturated rings. The maximum absolute atomic E-state index is 12.3. The summed E-state index contributed by atoms with van der Waals surface area (Å²) in [6, 6.07) is 12.5. The number of aromatic amines is 1. The molecule has 0 saturated heterocycles. The molecular weight excluding hydrogens is 288 g/mol. The van der Waals surface area contributed by atoms with Gasteiger partial charge in [-0.3, -0.25) is 4.79 Å². The van der Waals surface area contributed by atoms with Crippen molar-refractivity contribution >= 4 is 34.1 Å². The molecule has 106 valence electrons. The van der Waals surface area contributed by atoms with Crippen LogP contribution in [0.5, 0.6) is 5.75 Å². The Kier molecular flexibility index (Phi) is 3.54. The smallest absolute Gasteiger partial charge is 0.255 e. The fourth-order valence-corrected chi connectivity index (χ4v) is 2.28. The number of halogens is 1. The van der Waals surface area contributed by atoms with E-state index >= 15 is 0 Å². The summed E-state index contributed by atoms with van der Waals surface area (Å²) in [5, 5.41) is 4.25. The SMILES string of the molecule is COc1ccc(Cl)c(NC(=O)c2ccc3[nH]ccc3c2)c1. The lowest BCUT2D eigenvalue weighted by atomic mass is 10.1. The molecule has 3 aromatic rings. The van der Waals surface area contributed by atoms with E-state index in [1.54, 1.807) is 31.4 Å². The molecule has 0 bridgehead atoms. The minimum Gasteiger partial charge on any atom is -0.497 e. The van der Waals surface area contributed by atoms with Crippen molar-refractivity contribution in [3.63, 3.8) is 0 Å². The van der Waals surface area contributed by atoms with Gasteiger partial charge < -0.3 is 15.0 Å². The number of benzene rings is 2. The highest BCUT2D eigenvalue weighted by Gasteiger charge is 2.10. The molecule has 0 aliphatic heterocycles. The third kappa shape index (κ3) is 2.71. The molecule has 3 rings (SSSR count). The van der Waals surface area contributed by atoms with Crippen molar-refractivity contribution in [3.8, 4) is 5.75 Å². The lowest BCUT2D eigenvalue weighted by Crippen LogP contribution is -2.12. The molecule has 0 saturated carbocycles. The Morgan fingerprint density at radius 2 is 2.05 bits per heavy atom. The molecule has 0 radical (unpaired) electrons. The number of carbonyl (C=O) groups excluding carboxylic acids is 1. The fourth-order valence-electron chi connectivity index (χ4n) is 2.12. The summed E-state index contributed by atoms with van der Waals surface area (Å²) in [4.78, 5) is 15.4. The van der Waals surface area contributed by atoms with Gasteiger partial charge in [0, 0.05) is 28.7 Å². The van der Waals surface area contributed by atoms with Gasteiger partial charge in [-0.1, -0.05) is 11.6 Å². The molecule has 1 amide bonds. The summed E-state index contributed by atoms with van der Waals surface area (Å²) in [6.45, 7) is 0. The molecule has 1 aromatic heterocycles. The van der Waals surface area contributed by atoms with E-state index in [1.807, 2.05) is 24.4 Å². The number of fused-ring (bicyclic) bond motifs is 1. The second-order valence-corrected chi connectivity index (χ2v) is 4.99. The Hall–Kier alpha value is -2.46. The fraction of sp³-hybridized carbons (Fsp3) is 0.0625. The average Bonchev–Trinajstić information content (AvgIpc) is 2.96. The Morgan fingerprint density at radius 3 is 2.86 bits per heavy atom. The average molecular weight is 301 g/mol. The van der Waals surface area contributed by atoms with E-state index in [0.29, 0.717) is 22.0 Å². The molecule has 0 spiro atoms. The van der Waals surface area contributed by atoms with Gasteiger partial charge in [0.1, 0.15) is 5.75 Å². The first-order valence-electron chi connectivity index (χ1n) is 6.39. The number of rotatable bonds is 3. The van der Waals surface area contributed by atoms with Crippen LogP contribution < -0.4 is 10.1 Å². The van der Waals surface area contributed by atoms with Crippen LogP contribution in [-0.4, -0.2) is 18.0 Å².